The summed E-state index contributed by atoms with van der Waals surface area (Å²) in [7, 11) is 0. The fraction of sp³-hybridized carbons (Fsp3) is 0.467. The molecule has 0 N–H and O–H groups in total. The van der Waals surface area contributed by atoms with Crippen molar-refractivity contribution in [2.24, 2.45) is 11.0 Å². The molecule has 3 nitrogen and oxygen atoms in total. The molecular weight excluding hydrogens is 260 g/mol. The number of nitrogens with zero attached hydrogens (tertiary/aromatic N) is 2. The lowest BCUT2D eigenvalue weighted by atomic mass is 9.98. The van der Waals surface area contributed by atoms with E-state index in [-0.39, 0.29) is 11.8 Å². The van der Waals surface area contributed by atoms with Crippen LogP contribution in [0.25, 0.3) is 0 Å². The lowest BCUT2D eigenvalue weighted by Crippen LogP contribution is -2.27. The lowest BCUT2D eigenvalue weighted by molar-refractivity contribution is -0.119. The molecule has 1 atom stereocenters. The third-order valence-electron chi connectivity index (χ3n) is 3.96. The summed E-state index contributed by atoms with van der Waals surface area (Å²) in [6.07, 6.45) is 5.36. The Hall–Kier alpha value is -1.35. The molecule has 100 valence electrons. The van der Waals surface area contributed by atoms with Gasteiger partial charge in [-0.25, -0.2) is 5.01 Å². The normalized spacial score (nSPS) is 23.1. The SMILES string of the molecule is Cc1ccc(N2N=C3CCCCCC3C2=O)cc1Cl. The van der Waals surface area contributed by atoms with Crippen LogP contribution in [-0.4, -0.2) is 11.6 Å². The summed E-state index contributed by atoms with van der Waals surface area (Å²) in [6, 6.07) is 5.66. The molecule has 1 unspecified atom stereocenters. The van der Waals surface area contributed by atoms with Gasteiger partial charge < -0.3 is 0 Å². The van der Waals surface area contributed by atoms with Crippen molar-refractivity contribution in [2.45, 2.75) is 39.0 Å². The molecular formula is C15H17ClN2O. The molecule has 19 heavy (non-hydrogen) atoms. The number of anilines is 1. The maximum absolute atomic E-state index is 12.5. The van der Waals surface area contributed by atoms with Gasteiger partial charge in [0.25, 0.3) is 5.91 Å². The van der Waals surface area contributed by atoms with Crippen molar-refractivity contribution in [3.8, 4) is 0 Å². The van der Waals surface area contributed by atoms with Gasteiger partial charge in [-0.3, -0.25) is 4.79 Å². The molecule has 1 aliphatic carbocycles. The topological polar surface area (TPSA) is 32.7 Å². The summed E-state index contributed by atoms with van der Waals surface area (Å²) in [6.45, 7) is 1.95. The van der Waals surface area contributed by atoms with Gasteiger partial charge in [-0.2, -0.15) is 5.10 Å². The summed E-state index contributed by atoms with van der Waals surface area (Å²) >= 11 is 6.13. The van der Waals surface area contributed by atoms with Crippen LogP contribution in [0.1, 0.15) is 37.7 Å². The zero-order chi connectivity index (χ0) is 13.4. The second-order valence-corrected chi connectivity index (χ2v) is 5.73. The molecule has 1 amide bonds. The van der Waals surface area contributed by atoms with Crippen molar-refractivity contribution in [3.63, 3.8) is 0 Å². The van der Waals surface area contributed by atoms with E-state index < -0.39 is 0 Å². The average Bonchev–Trinajstić information content (AvgIpc) is 2.59. The minimum Gasteiger partial charge on any atom is -0.272 e. The maximum Gasteiger partial charge on any atom is 0.256 e. The average molecular weight is 277 g/mol. The summed E-state index contributed by atoms with van der Waals surface area (Å²) in [5.41, 5.74) is 2.85. The van der Waals surface area contributed by atoms with E-state index in [0.29, 0.717) is 5.02 Å². The Kier molecular flexibility index (Phi) is 3.31. The number of hydrazone groups is 1. The van der Waals surface area contributed by atoms with Crippen molar-refractivity contribution >= 4 is 28.9 Å². The molecule has 1 aromatic carbocycles. The number of rotatable bonds is 1. The van der Waals surface area contributed by atoms with Gasteiger partial charge in [0.2, 0.25) is 0 Å². The number of carbonyl (C=O) groups is 1. The molecule has 1 heterocycles. The number of aryl methyl sites for hydroxylation is 1. The van der Waals surface area contributed by atoms with Crippen LogP contribution >= 0.6 is 11.6 Å². The molecule has 0 radical (unpaired) electrons. The minimum absolute atomic E-state index is 0.00239. The first kappa shape index (κ1) is 12.7. The van der Waals surface area contributed by atoms with Gasteiger partial charge in [-0.15, -0.1) is 0 Å². The standard InChI is InChI=1S/C15H17ClN2O/c1-10-7-8-11(9-13(10)16)18-15(19)12-5-3-2-4-6-14(12)17-18/h7-9,12H,2-6H2,1H3. The zero-order valence-corrected chi connectivity index (χ0v) is 11.8. The first-order chi connectivity index (χ1) is 9.16. The molecule has 2 aliphatic rings. The fourth-order valence-electron chi connectivity index (χ4n) is 2.78. The van der Waals surface area contributed by atoms with Gasteiger partial charge >= 0.3 is 0 Å². The Labute approximate surface area is 118 Å². The van der Waals surface area contributed by atoms with Gasteiger partial charge in [0.15, 0.2) is 0 Å². The third kappa shape index (κ3) is 2.27. The molecule has 0 aromatic heterocycles. The van der Waals surface area contributed by atoms with E-state index in [1.165, 1.54) is 11.4 Å². The van der Waals surface area contributed by atoms with E-state index in [4.69, 9.17) is 11.6 Å². The Morgan fingerprint density at radius 1 is 1.32 bits per heavy atom. The number of amides is 1. The Morgan fingerprint density at radius 2 is 2.16 bits per heavy atom. The monoisotopic (exact) mass is 276 g/mol. The summed E-state index contributed by atoms with van der Waals surface area (Å²) < 4.78 is 0. The highest BCUT2D eigenvalue weighted by Gasteiger charge is 2.36. The number of fused-ring (bicyclic) bond motifs is 1. The molecule has 1 aromatic rings. The molecule has 0 spiro atoms. The van der Waals surface area contributed by atoms with Crippen LogP contribution in [0.4, 0.5) is 5.69 Å². The Balaban J connectivity index is 1.93. The van der Waals surface area contributed by atoms with Crippen LogP contribution in [0, 0.1) is 12.8 Å². The van der Waals surface area contributed by atoms with Gasteiger partial charge in [0, 0.05) is 5.02 Å². The van der Waals surface area contributed by atoms with Crippen LogP contribution in [0.15, 0.2) is 23.3 Å². The molecule has 0 bridgehead atoms. The van der Waals surface area contributed by atoms with Gasteiger partial charge in [0.05, 0.1) is 17.3 Å². The van der Waals surface area contributed by atoms with E-state index in [2.05, 4.69) is 5.10 Å². The van der Waals surface area contributed by atoms with Gasteiger partial charge in [0.1, 0.15) is 0 Å². The molecule has 1 saturated carbocycles. The number of benzene rings is 1. The second kappa shape index (κ2) is 4.97. The summed E-state index contributed by atoms with van der Waals surface area (Å²) in [4.78, 5) is 12.5. The number of halogens is 1. The van der Waals surface area contributed by atoms with Crippen LogP contribution in [0.5, 0.6) is 0 Å². The maximum atomic E-state index is 12.5. The predicted octanol–water partition coefficient (Wildman–Crippen LogP) is 3.93. The quantitative estimate of drug-likeness (QED) is 0.765. The lowest BCUT2D eigenvalue weighted by Gasteiger charge is -2.14. The van der Waals surface area contributed by atoms with Gasteiger partial charge in [-0.05, 0) is 43.9 Å². The molecule has 0 saturated heterocycles. The van der Waals surface area contributed by atoms with Crippen molar-refractivity contribution in [3.05, 3.63) is 28.8 Å². The Bertz CT molecular complexity index is 553. The van der Waals surface area contributed by atoms with Crippen molar-refractivity contribution < 1.29 is 4.79 Å². The first-order valence-electron chi connectivity index (χ1n) is 6.84. The van der Waals surface area contributed by atoms with Crippen LogP contribution in [-0.2, 0) is 4.79 Å². The number of hydrogen-bond donors (Lipinski definition) is 0. The van der Waals surface area contributed by atoms with Crippen molar-refractivity contribution in [1.82, 2.24) is 0 Å². The summed E-state index contributed by atoms with van der Waals surface area (Å²) in [5.74, 6) is 0.111. The molecule has 1 fully saturated rings. The minimum atomic E-state index is 0.00239. The van der Waals surface area contributed by atoms with E-state index in [0.717, 1.165) is 42.6 Å². The van der Waals surface area contributed by atoms with Crippen LogP contribution < -0.4 is 5.01 Å². The Morgan fingerprint density at radius 3 is 2.95 bits per heavy atom. The zero-order valence-electron chi connectivity index (χ0n) is 11.0. The van der Waals surface area contributed by atoms with E-state index in [9.17, 15) is 4.79 Å². The molecule has 4 heteroatoms. The van der Waals surface area contributed by atoms with Crippen molar-refractivity contribution in [2.75, 3.05) is 5.01 Å². The highest BCUT2D eigenvalue weighted by Crippen LogP contribution is 2.32. The highest BCUT2D eigenvalue weighted by atomic mass is 35.5. The van der Waals surface area contributed by atoms with Gasteiger partial charge in [-0.1, -0.05) is 30.5 Å². The van der Waals surface area contributed by atoms with Crippen molar-refractivity contribution in [1.29, 1.82) is 0 Å². The number of carbonyl (C=O) groups excluding carboxylic acids is 1. The predicted molar refractivity (Wildman–Crippen MR) is 77.7 cm³/mol. The third-order valence-corrected chi connectivity index (χ3v) is 4.37. The van der Waals surface area contributed by atoms with Crippen LogP contribution in [0.2, 0.25) is 5.02 Å². The van der Waals surface area contributed by atoms with E-state index in [1.54, 1.807) is 0 Å². The fourth-order valence-corrected chi connectivity index (χ4v) is 2.96. The first-order valence-corrected chi connectivity index (χ1v) is 7.22. The largest absolute Gasteiger partial charge is 0.272 e. The number of hydrogen-bond acceptors (Lipinski definition) is 2. The van der Waals surface area contributed by atoms with E-state index >= 15 is 0 Å². The molecule has 3 rings (SSSR count). The summed E-state index contributed by atoms with van der Waals surface area (Å²) in [5, 5.41) is 6.75. The smallest absolute Gasteiger partial charge is 0.256 e. The highest BCUT2D eigenvalue weighted by molar-refractivity contribution is 6.31. The second-order valence-electron chi connectivity index (χ2n) is 5.33. The van der Waals surface area contributed by atoms with E-state index in [1.807, 2.05) is 25.1 Å². The molecule has 1 aliphatic heterocycles. The van der Waals surface area contributed by atoms with Crippen LogP contribution in [0.3, 0.4) is 0 Å².